The molecule has 8 heteroatoms. The van der Waals surface area contributed by atoms with Crippen LogP contribution in [0.15, 0.2) is 48.5 Å². The SMILES string of the molecule is N#CCc1ccc(NC(=O)CNc2ccccc2[C@H](O)C(F)(F)F)cc1. The van der Waals surface area contributed by atoms with Gasteiger partial charge in [-0.3, -0.25) is 4.79 Å². The molecule has 2 rings (SSSR count). The minimum Gasteiger partial charge on any atom is -0.379 e. The highest BCUT2D eigenvalue weighted by molar-refractivity contribution is 5.93. The van der Waals surface area contributed by atoms with Crippen molar-refractivity contribution in [2.75, 3.05) is 17.2 Å². The van der Waals surface area contributed by atoms with Gasteiger partial charge in [0.05, 0.1) is 19.0 Å². The normalized spacial score (nSPS) is 12.1. The molecule has 0 spiro atoms. The van der Waals surface area contributed by atoms with E-state index in [-0.39, 0.29) is 24.2 Å². The van der Waals surface area contributed by atoms with Gasteiger partial charge < -0.3 is 15.7 Å². The average Bonchev–Trinajstić information content (AvgIpc) is 2.61. The van der Waals surface area contributed by atoms with Crippen molar-refractivity contribution >= 4 is 17.3 Å². The molecule has 0 aliphatic carbocycles. The first-order valence-electron chi connectivity index (χ1n) is 7.64. The van der Waals surface area contributed by atoms with Crippen molar-refractivity contribution in [1.29, 1.82) is 5.26 Å². The zero-order chi connectivity index (χ0) is 19.2. The average molecular weight is 363 g/mol. The van der Waals surface area contributed by atoms with Gasteiger partial charge in [-0.05, 0) is 23.8 Å². The zero-order valence-electron chi connectivity index (χ0n) is 13.5. The Balaban J connectivity index is 1.98. The van der Waals surface area contributed by atoms with Crippen LogP contribution in [0, 0.1) is 11.3 Å². The van der Waals surface area contributed by atoms with E-state index in [1.54, 1.807) is 24.3 Å². The Morgan fingerprint density at radius 1 is 1.15 bits per heavy atom. The maximum absolute atomic E-state index is 12.7. The molecule has 136 valence electrons. The summed E-state index contributed by atoms with van der Waals surface area (Å²) in [5, 5.41) is 23.2. The van der Waals surface area contributed by atoms with Gasteiger partial charge in [0, 0.05) is 16.9 Å². The Morgan fingerprint density at radius 2 is 1.81 bits per heavy atom. The molecule has 0 aromatic heterocycles. The summed E-state index contributed by atoms with van der Waals surface area (Å²) in [6, 6.07) is 14.0. The Kier molecular flexibility index (Phi) is 6.20. The molecule has 5 nitrogen and oxygen atoms in total. The first-order chi connectivity index (χ1) is 12.3. The quantitative estimate of drug-likeness (QED) is 0.734. The second-order valence-electron chi connectivity index (χ2n) is 5.46. The Morgan fingerprint density at radius 3 is 2.42 bits per heavy atom. The van der Waals surface area contributed by atoms with Gasteiger partial charge >= 0.3 is 6.18 Å². The van der Waals surface area contributed by atoms with E-state index in [4.69, 9.17) is 5.26 Å². The van der Waals surface area contributed by atoms with E-state index in [1.807, 2.05) is 6.07 Å². The largest absolute Gasteiger partial charge is 0.418 e. The van der Waals surface area contributed by atoms with E-state index in [0.717, 1.165) is 11.6 Å². The van der Waals surface area contributed by atoms with Crippen LogP contribution in [0.25, 0.3) is 0 Å². The highest BCUT2D eigenvalue weighted by Crippen LogP contribution is 2.35. The van der Waals surface area contributed by atoms with Crippen LogP contribution in [-0.4, -0.2) is 23.7 Å². The number of carbonyl (C=O) groups is 1. The lowest BCUT2D eigenvalue weighted by molar-refractivity contribution is -0.206. The topological polar surface area (TPSA) is 85.2 Å². The lowest BCUT2D eigenvalue weighted by Gasteiger charge is -2.19. The molecular weight excluding hydrogens is 347 g/mol. The minimum atomic E-state index is -4.80. The Labute approximate surface area is 148 Å². The number of aliphatic hydroxyl groups excluding tert-OH is 1. The molecule has 2 aromatic carbocycles. The smallest absolute Gasteiger partial charge is 0.379 e. The molecule has 0 fully saturated rings. The molecule has 1 amide bonds. The molecule has 0 aliphatic rings. The van der Waals surface area contributed by atoms with E-state index in [9.17, 15) is 23.1 Å². The number of carbonyl (C=O) groups excluding carboxylic acids is 1. The fourth-order valence-corrected chi connectivity index (χ4v) is 2.25. The fourth-order valence-electron chi connectivity index (χ4n) is 2.25. The molecule has 0 saturated carbocycles. The van der Waals surface area contributed by atoms with Gasteiger partial charge in [0.1, 0.15) is 0 Å². The zero-order valence-corrected chi connectivity index (χ0v) is 13.5. The number of alkyl halides is 3. The number of rotatable bonds is 6. The number of aliphatic hydroxyl groups is 1. The predicted molar refractivity (Wildman–Crippen MR) is 90.3 cm³/mol. The number of nitrogens with one attached hydrogen (secondary N) is 2. The van der Waals surface area contributed by atoms with Crippen LogP contribution in [0.2, 0.25) is 0 Å². The standard InChI is InChI=1S/C18H16F3N3O2/c19-18(20,21)17(26)14-3-1-2-4-15(14)23-11-16(25)24-13-7-5-12(6-8-13)9-10-22/h1-8,17,23,26H,9,11H2,(H,24,25)/t17-/m0/s1. The number of para-hydroxylation sites is 1. The number of amides is 1. The molecular formula is C18H16F3N3O2. The molecule has 26 heavy (non-hydrogen) atoms. The summed E-state index contributed by atoms with van der Waals surface area (Å²) in [5.41, 5.74) is 0.978. The second kappa shape index (κ2) is 8.36. The number of benzene rings is 2. The van der Waals surface area contributed by atoms with Crippen LogP contribution >= 0.6 is 0 Å². The van der Waals surface area contributed by atoms with Crippen LogP contribution in [0.4, 0.5) is 24.5 Å². The molecule has 0 saturated heterocycles. The molecule has 0 heterocycles. The fraction of sp³-hybridized carbons (Fsp3) is 0.222. The molecule has 3 N–H and O–H groups in total. The molecule has 1 atom stereocenters. The maximum atomic E-state index is 12.7. The van der Waals surface area contributed by atoms with Gasteiger partial charge in [0.25, 0.3) is 0 Å². The van der Waals surface area contributed by atoms with Gasteiger partial charge in [-0.15, -0.1) is 0 Å². The van der Waals surface area contributed by atoms with Crippen molar-refractivity contribution in [1.82, 2.24) is 0 Å². The summed E-state index contributed by atoms with van der Waals surface area (Å²) >= 11 is 0. The van der Waals surface area contributed by atoms with Crippen LogP contribution in [-0.2, 0) is 11.2 Å². The van der Waals surface area contributed by atoms with Gasteiger partial charge in [0.2, 0.25) is 5.91 Å². The minimum absolute atomic E-state index is 0.0249. The molecule has 2 aromatic rings. The number of hydrogen-bond acceptors (Lipinski definition) is 4. The Hall–Kier alpha value is -3.05. The third-order valence-corrected chi connectivity index (χ3v) is 3.53. The Bertz CT molecular complexity index is 799. The van der Waals surface area contributed by atoms with Gasteiger partial charge in [0.15, 0.2) is 6.10 Å². The number of nitrogens with zero attached hydrogens (tertiary/aromatic N) is 1. The van der Waals surface area contributed by atoms with Crippen LogP contribution in [0.5, 0.6) is 0 Å². The van der Waals surface area contributed by atoms with Crippen LogP contribution in [0.1, 0.15) is 17.2 Å². The second-order valence-corrected chi connectivity index (χ2v) is 5.46. The van der Waals surface area contributed by atoms with Crippen molar-refractivity contribution in [2.24, 2.45) is 0 Å². The highest BCUT2D eigenvalue weighted by Gasteiger charge is 2.40. The summed E-state index contributed by atoms with van der Waals surface area (Å²) in [6.45, 7) is -0.276. The summed E-state index contributed by atoms with van der Waals surface area (Å²) in [6.07, 6.45) is -7.18. The van der Waals surface area contributed by atoms with Crippen molar-refractivity contribution in [2.45, 2.75) is 18.7 Å². The van der Waals surface area contributed by atoms with Gasteiger partial charge in [-0.25, -0.2) is 0 Å². The van der Waals surface area contributed by atoms with Gasteiger partial charge in [-0.2, -0.15) is 18.4 Å². The van der Waals surface area contributed by atoms with E-state index in [0.29, 0.717) is 5.69 Å². The number of hydrogen-bond donors (Lipinski definition) is 3. The lowest BCUT2D eigenvalue weighted by atomic mass is 10.1. The highest BCUT2D eigenvalue weighted by atomic mass is 19.4. The third kappa shape index (κ3) is 5.22. The predicted octanol–water partition coefficient (Wildman–Crippen LogP) is 3.40. The maximum Gasteiger partial charge on any atom is 0.418 e. The molecule has 0 bridgehead atoms. The molecule has 0 unspecified atom stereocenters. The van der Waals surface area contributed by atoms with Crippen molar-refractivity contribution in [3.05, 3.63) is 59.7 Å². The summed E-state index contributed by atoms with van der Waals surface area (Å²) in [4.78, 5) is 12.0. The first-order valence-corrected chi connectivity index (χ1v) is 7.64. The first kappa shape index (κ1) is 19.3. The number of anilines is 2. The third-order valence-electron chi connectivity index (χ3n) is 3.53. The lowest BCUT2D eigenvalue weighted by Crippen LogP contribution is -2.24. The van der Waals surface area contributed by atoms with E-state index >= 15 is 0 Å². The van der Waals surface area contributed by atoms with Crippen LogP contribution < -0.4 is 10.6 Å². The van der Waals surface area contributed by atoms with E-state index in [2.05, 4.69) is 10.6 Å². The van der Waals surface area contributed by atoms with Crippen molar-refractivity contribution < 1.29 is 23.1 Å². The van der Waals surface area contributed by atoms with Crippen molar-refractivity contribution in [3.63, 3.8) is 0 Å². The monoisotopic (exact) mass is 363 g/mol. The summed E-state index contributed by atoms with van der Waals surface area (Å²) in [5.74, 6) is -0.464. The van der Waals surface area contributed by atoms with E-state index in [1.165, 1.54) is 18.2 Å². The van der Waals surface area contributed by atoms with E-state index < -0.39 is 18.2 Å². The number of halogens is 3. The molecule has 0 radical (unpaired) electrons. The number of nitriles is 1. The van der Waals surface area contributed by atoms with Crippen molar-refractivity contribution in [3.8, 4) is 6.07 Å². The molecule has 0 aliphatic heterocycles. The van der Waals surface area contributed by atoms with Gasteiger partial charge in [-0.1, -0.05) is 30.3 Å². The summed E-state index contributed by atoms with van der Waals surface area (Å²) < 4.78 is 38.1. The van der Waals surface area contributed by atoms with Crippen LogP contribution in [0.3, 0.4) is 0 Å². The summed E-state index contributed by atoms with van der Waals surface area (Å²) in [7, 11) is 0.